The lowest BCUT2D eigenvalue weighted by Crippen LogP contribution is -2.16. The Morgan fingerprint density at radius 2 is 2.33 bits per heavy atom. The van der Waals surface area contributed by atoms with Crippen LogP contribution in [0.2, 0.25) is 5.15 Å². The fourth-order valence-corrected chi connectivity index (χ4v) is 1.75. The lowest BCUT2D eigenvalue weighted by molar-refractivity contribution is -0.138. The molecule has 0 bridgehead atoms. The first-order chi connectivity index (χ1) is 8.60. The number of rotatable bonds is 2. The summed E-state index contributed by atoms with van der Waals surface area (Å²) in [5, 5.41) is 0.332. The maximum Gasteiger partial charge on any atom is 0.334 e. The van der Waals surface area contributed by atoms with Crippen LogP contribution in [0, 0.1) is 0 Å². The van der Waals surface area contributed by atoms with Crippen LogP contribution < -0.4 is 5.73 Å². The monoisotopic (exact) mass is 265 g/mol. The zero-order valence-corrected chi connectivity index (χ0v) is 10.6. The van der Waals surface area contributed by atoms with Gasteiger partial charge in [0.25, 0.3) is 0 Å². The van der Waals surface area contributed by atoms with Crippen LogP contribution in [0.3, 0.4) is 0 Å². The number of aromatic nitrogens is 1. The van der Waals surface area contributed by atoms with Gasteiger partial charge in [-0.1, -0.05) is 11.6 Å². The van der Waals surface area contributed by atoms with E-state index in [1.54, 1.807) is 25.1 Å². The van der Waals surface area contributed by atoms with Gasteiger partial charge in [-0.25, -0.2) is 14.8 Å². The number of hydrogen-bond donors (Lipinski definition) is 1. The minimum atomic E-state index is -0.390. The number of carbonyl (C=O) groups excluding carboxylic acids is 1. The van der Waals surface area contributed by atoms with E-state index >= 15 is 0 Å². The summed E-state index contributed by atoms with van der Waals surface area (Å²) in [6.45, 7) is 2.07. The highest BCUT2D eigenvalue weighted by Gasteiger charge is 2.17. The molecule has 2 heterocycles. The molecule has 2 N–H and O–H groups in total. The highest BCUT2D eigenvalue weighted by molar-refractivity contribution is 6.29. The Morgan fingerprint density at radius 3 is 3.06 bits per heavy atom. The molecule has 0 atom stereocenters. The molecule has 1 aromatic heterocycles. The molecule has 94 valence electrons. The van der Waals surface area contributed by atoms with Gasteiger partial charge in [0.15, 0.2) is 5.82 Å². The summed E-state index contributed by atoms with van der Waals surface area (Å²) >= 11 is 5.79. The zero-order valence-electron chi connectivity index (χ0n) is 9.81. The van der Waals surface area contributed by atoms with Gasteiger partial charge >= 0.3 is 5.97 Å². The number of hydrogen-bond acceptors (Lipinski definition) is 5. The van der Waals surface area contributed by atoms with Gasteiger partial charge in [-0.3, -0.25) is 0 Å². The van der Waals surface area contributed by atoms with Gasteiger partial charge in [0, 0.05) is 17.6 Å². The Labute approximate surface area is 109 Å². The Hall–Kier alpha value is -1.88. The summed E-state index contributed by atoms with van der Waals surface area (Å²) in [5.74, 6) is 0.334. The lowest BCUT2D eigenvalue weighted by Gasteiger charge is -2.04. The van der Waals surface area contributed by atoms with E-state index in [4.69, 9.17) is 22.1 Å². The van der Waals surface area contributed by atoms with Gasteiger partial charge in [-0.15, -0.1) is 0 Å². The molecule has 0 radical (unpaired) electrons. The predicted molar refractivity (Wildman–Crippen MR) is 69.8 cm³/mol. The summed E-state index contributed by atoms with van der Waals surface area (Å²) in [4.78, 5) is 19.9. The Morgan fingerprint density at radius 1 is 1.56 bits per heavy atom. The van der Waals surface area contributed by atoms with E-state index in [-0.39, 0.29) is 6.42 Å². The van der Waals surface area contributed by atoms with Gasteiger partial charge in [-0.05, 0) is 25.1 Å². The number of fused-ring (bicyclic) bond motifs is 1. The Balaban J connectivity index is 2.45. The van der Waals surface area contributed by atoms with Crippen molar-refractivity contribution in [3.63, 3.8) is 0 Å². The SMILES string of the molecule is CCOC(=O)C1=Cc2ccc(Cl)nc2N=C(N)C1. The summed E-state index contributed by atoms with van der Waals surface area (Å²) in [6.07, 6.45) is 1.92. The topological polar surface area (TPSA) is 77.6 Å². The maximum absolute atomic E-state index is 11.7. The first kappa shape index (κ1) is 12.6. The van der Waals surface area contributed by atoms with Crippen molar-refractivity contribution >= 4 is 35.3 Å². The van der Waals surface area contributed by atoms with E-state index in [9.17, 15) is 4.79 Å². The number of esters is 1. The molecule has 18 heavy (non-hydrogen) atoms. The summed E-state index contributed by atoms with van der Waals surface area (Å²) < 4.78 is 4.96. The van der Waals surface area contributed by atoms with Crippen molar-refractivity contribution in [3.05, 3.63) is 28.4 Å². The van der Waals surface area contributed by atoms with Crippen molar-refractivity contribution in [2.24, 2.45) is 10.7 Å². The third kappa shape index (κ3) is 2.68. The van der Waals surface area contributed by atoms with Crippen molar-refractivity contribution < 1.29 is 9.53 Å². The highest BCUT2D eigenvalue weighted by Crippen LogP contribution is 2.26. The van der Waals surface area contributed by atoms with Gasteiger partial charge < -0.3 is 10.5 Å². The predicted octanol–water partition coefficient (Wildman–Crippen LogP) is 2.07. The summed E-state index contributed by atoms with van der Waals surface area (Å²) in [5.41, 5.74) is 6.90. The number of ether oxygens (including phenoxy) is 1. The summed E-state index contributed by atoms with van der Waals surface area (Å²) in [6, 6.07) is 3.38. The van der Waals surface area contributed by atoms with Crippen LogP contribution in [0.25, 0.3) is 6.08 Å². The van der Waals surface area contributed by atoms with Crippen molar-refractivity contribution in [1.82, 2.24) is 4.98 Å². The van der Waals surface area contributed by atoms with Crippen molar-refractivity contribution in [3.8, 4) is 0 Å². The van der Waals surface area contributed by atoms with E-state index in [0.29, 0.717) is 34.6 Å². The average Bonchev–Trinajstić information content (AvgIpc) is 2.47. The van der Waals surface area contributed by atoms with Gasteiger partial charge in [0.1, 0.15) is 11.0 Å². The fourth-order valence-electron chi connectivity index (χ4n) is 1.60. The third-order valence-corrected chi connectivity index (χ3v) is 2.57. The number of aliphatic imine (C=N–C) groups is 1. The fraction of sp³-hybridized carbons (Fsp3) is 0.250. The quantitative estimate of drug-likeness (QED) is 0.656. The second kappa shape index (κ2) is 5.18. The standard InChI is InChI=1S/C12H12ClN3O2/c1-2-18-12(17)8-5-7-3-4-9(13)15-11(7)16-10(14)6-8/h3-5H,2,6H2,1H3,(H2,14,15,16). The lowest BCUT2D eigenvalue weighted by atomic mass is 10.1. The smallest absolute Gasteiger partial charge is 0.334 e. The molecule has 0 amide bonds. The van der Waals surface area contributed by atoms with Crippen molar-refractivity contribution in [2.75, 3.05) is 6.61 Å². The summed E-state index contributed by atoms with van der Waals surface area (Å²) in [7, 11) is 0. The molecule has 0 saturated carbocycles. The second-order valence-electron chi connectivity index (χ2n) is 3.72. The number of carbonyl (C=O) groups is 1. The minimum absolute atomic E-state index is 0.243. The Kier molecular flexibility index (Phi) is 3.62. The first-order valence-corrected chi connectivity index (χ1v) is 5.85. The van der Waals surface area contributed by atoms with Crippen molar-refractivity contribution in [1.29, 1.82) is 0 Å². The molecule has 0 aromatic carbocycles. The van der Waals surface area contributed by atoms with Crippen LogP contribution in [0.4, 0.5) is 5.82 Å². The molecular weight excluding hydrogens is 254 g/mol. The molecule has 1 aliphatic heterocycles. The molecule has 6 heteroatoms. The highest BCUT2D eigenvalue weighted by atomic mass is 35.5. The largest absolute Gasteiger partial charge is 0.463 e. The normalized spacial score (nSPS) is 14.1. The van der Waals surface area contributed by atoms with E-state index in [1.165, 1.54) is 0 Å². The van der Waals surface area contributed by atoms with Crippen LogP contribution in [-0.4, -0.2) is 23.4 Å². The molecular formula is C12H12ClN3O2. The van der Waals surface area contributed by atoms with E-state index in [2.05, 4.69) is 9.98 Å². The average molecular weight is 266 g/mol. The van der Waals surface area contributed by atoms with Crippen molar-refractivity contribution in [2.45, 2.75) is 13.3 Å². The van der Waals surface area contributed by atoms with Gasteiger partial charge in [0.2, 0.25) is 0 Å². The van der Waals surface area contributed by atoms with E-state index in [0.717, 1.165) is 0 Å². The van der Waals surface area contributed by atoms with Crippen LogP contribution >= 0.6 is 11.6 Å². The zero-order chi connectivity index (χ0) is 13.1. The second-order valence-corrected chi connectivity index (χ2v) is 4.10. The number of halogens is 1. The molecule has 2 rings (SSSR count). The Bertz CT molecular complexity index is 552. The molecule has 1 aromatic rings. The van der Waals surface area contributed by atoms with Gasteiger partial charge in [-0.2, -0.15) is 0 Å². The first-order valence-electron chi connectivity index (χ1n) is 5.47. The van der Waals surface area contributed by atoms with Gasteiger partial charge in [0.05, 0.1) is 6.61 Å². The van der Waals surface area contributed by atoms with Crippen LogP contribution in [0.15, 0.2) is 22.7 Å². The molecule has 0 saturated heterocycles. The van der Waals surface area contributed by atoms with Crippen LogP contribution in [0.5, 0.6) is 0 Å². The third-order valence-electron chi connectivity index (χ3n) is 2.36. The number of amidine groups is 1. The van der Waals surface area contributed by atoms with Crippen LogP contribution in [0.1, 0.15) is 18.9 Å². The van der Waals surface area contributed by atoms with Crippen LogP contribution in [-0.2, 0) is 9.53 Å². The number of nitrogens with two attached hydrogens (primary N) is 1. The molecule has 0 aliphatic carbocycles. The molecule has 0 unspecified atom stereocenters. The van der Waals surface area contributed by atoms with E-state index in [1.807, 2.05) is 0 Å². The number of pyridine rings is 1. The molecule has 1 aliphatic rings. The molecule has 0 spiro atoms. The molecule has 0 fully saturated rings. The molecule has 5 nitrogen and oxygen atoms in total. The van der Waals surface area contributed by atoms with E-state index < -0.39 is 5.97 Å². The maximum atomic E-state index is 11.7. The number of nitrogens with zero attached hydrogens (tertiary/aromatic N) is 2. The minimum Gasteiger partial charge on any atom is -0.463 e.